The quantitative estimate of drug-likeness (QED) is 0.634. The number of aromatic nitrogens is 2. The zero-order chi connectivity index (χ0) is 16.3. The summed E-state index contributed by atoms with van der Waals surface area (Å²) in [7, 11) is 1.51. The molecule has 1 aliphatic heterocycles. The molecule has 1 aliphatic rings. The van der Waals surface area contributed by atoms with E-state index in [1.165, 1.54) is 23.9 Å². The summed E-state index contributed by atoms with van der Waals surface area (Å²) >= 11 is 0. The van der Waals surface area contributed by atoms with Gasteiger partial charge in [-0.1, -0.05) is 6.92 Å². The molecule has 3 N–H and O–H groups in total. The number of aliphatic hydroxyl groups is 2. The van der Waals surface area contributed by atoms with Crippen LogP contribution in [-0.4, -0.2) is 51.8 Å². The van der Waals surface area contributed by atoms with Gasteiger partial charge >= 0.3 is 5.69 Å². The van der Waals surface area contributed by atoms with Gasteiger partial charge in [0.05, 0.1) is 18.8 Å². The molecule has 8 heteroatoms. The van der Waals surface area contributed by atoms with Gasteiger partial charge in [-0.25, -0.2) is 4.79 Å². The lowest BCUT2D eigenvalue weighted by atomic mass is 9.90. The molecule has 0 spiro atoms. The molecule has 1 fully saturated rings. The Morgan fingerprint density at radius 3 is 2.77 bits per heavy atom. The lowest BCUT2D eigenvalue weighted by molar-refractivity contribution is -0.0534. The summed E-state index contributed by atoms with van der Waals surface area (Å²) in [5.74, 6) is -0.166. The highest BCUT2D eigenvalue weighted by Crippen LogP contribution is 2.39. The van der Waals surface area contributed by atoms with Crippen molar-refractivity contribution in [2.75, 3.05) is 13.7 Å². The first-order valence-electron chi connectivity index (χ1n) is 7.30. The van der Waals surface area contributed by atoms with Crippen molar-refractivity contribution in [3.63, 3.8) is 0 Å². The summed E-state index contributed by atoms with van der Waals surface area (Å²) in [5, 5.41) is 18.8. The molecular weight excluding hydrogens is 292 g/mol. The molecular formula is C14H22N2O6. The van der Waals surface area contributed by atoms with Crippen molar-refractivity contribution >= 4 is 0 Å². The van der Waals surface area contributed by atoms with Crippen molar-refractivity contribution in [1.29, 1.82) is 0 Å². The molecule has 0 saturated carbocycles. The van der Waals surface area contributed by atoms with E-state index in [4.69, 9.17) is 14.6 Å². The number of aliphatic hydroxyl groups excluding tert-OH is 2. The molecule has 124 valence electrons. The van der Waals surface area contributed by atoms with Gasteiger partial charge in [0.25, 0.3) is 5.56 Å². The van der Waals surface area contributed by atoms with Crippen molar-refractivity contribution in [2.24, 2.45) is 5.92 Å². The molecule has 2 heterocycles. The van der Waals surface area contributed by atoms with Crippen LogP contribution >= 0.6 is 0 Å². The van der Waals surface area contributed by atoms with Gasteiger partial charge in [0, 0.05) is 25.3 Å². The minimum absolute atomic E-state index is 0.166. The van der Waals surface area contributed by atoms with Crippen molar-refractivity contribution in [3.05, 3.63) is 33.1 Å². The van der Waals surface area contributed by atoms with Crippen molar-refractivity contribution in [2.45, 2.75) is 44.3 Å². The number of methoxy groups -OCH3 is 1. The Kier molecular flexibility index (Phi) is 5.52. The van der Waals surface area contributed by atoms with Crippen LogP contribution in [0.25, 0.3) is 0 Å². The average Bonchev–Trinajstić information content (AvgIpc) is 2.84. The second-order valence-electron chi connectivity index (χ2n) is 5.43. The fourth-order valence-corrected chi connectivity index (χ4v) is 3.00. The number of hydrogen-bond acceptors (Lipinski definition) is 6. The Balaban J connectivity index is 2.32. The van der Waals surface area contributed by atoms with Gasteiger partial charge in [0.15, 0.2) is 6.23 Å². The van der Waals surface area contributed by atoms with Crippen LogP contribution in [0.3, 0.4) is 0 Å². The van der Waals surface area contributed by atoms with E-state index in [2.05, 4.69) is 4.98 Å². The maximum absolute atomic E-state index is 12.0. The standard InChI is InChI=1S/C14H22N2O6/c1-3-10-9(6-8(18)7-17)12(21-2)13(22-10)16-5-4-11(19)15-14(16)20/h4-5,8-10,12-13,17-18H,3,6-7H2,1-2H3,(H,15,19,20)/t8?,9?,10-,12+,13-/m1/s1. The number of ether oxygens (including phenoxy) is 2. The van der Waals surface area contributed by atoms with E-state index in [1.807, 2.05) is 6.92 Å². The van der Waals surface area contributed by atoms with Gasteiger partial charge < -0.3 is 19.7 Å². The van der Waals surface area contributed by atoms with Crippen LogP contribution in [0.5, 0.6) is 0 Å². The Labute approximate surface area is 127 Å². The van der Waals surface area contributed by atoms with Crippen LogP contribution in [-0.2, 0) is 9.47 Å². The van der Waals surface area contributed by atoms with E-state index >= 15 is 0 Å². The highest BCUT2D eigenvalue weighted by atomic mass is 16.6. The first-order chi connectivity index (χ1) is 10.5. The zero-order valence-corrected chi connectivity index (χ0v) is 12.6. The lowest BCUT2D eigenvalue weighted by Crippen LogP contribution is -2.37. The third-order valence-corrected chi connectivity index (χ3v) is 4.05. The predicted octanol–water partition coefficient (Wildman–Crippen LogP) is -0.781. The molecule has 2 rings (SSSR count). The average molecular weight is 314 g/mol. The molecule has 22 heavy (non-hydrogen) atoms. The monoisotopic (exact) mass is 314 g/mol. The first-order valence-corrected chi connectivity index (χ1v) is 7.30. The van der Waals surface area contributed by atoms with E-state index in [1.54, 1.807) is 0 Å². The van der Waals surface area contributed by atoms with Gasteiger partial charge in [-0.3, -0.25) is 14.3 Å². The van der Waals surface area contributed by atoms with E-state index in [9.17, 15) is 14.7 Å². The highest BCUT2D eigenvalue weighted by Gasteiger charge is 2.45. The molecule has 0 aliphatic carbocycles. The summed E-state index contributed by atoms with van der Waals surface area (Å²) in [5.41, 5.74) is -1.05. The summed E-state index contributed by atoms with van der Waals surface area (Å²) < 4.78 is 12.7. The van der Waals surface area contributed by atoms with Gasteiger partial charge in [-0.2, -0.15) is 0 Å². The van der Waals surface area contributed by atoms with Gasteiger partial charge in [-0.15, -0.1) is 0 Å². The minimum Gasteiger partial charge on any atom is -0.394 e. The Morgan fingerprint density at radius 1 is 1.50 bits per heavy atom. The van der Waals surface area contributed by atoms with E-state index < -0.39 is 29.7 Å². The summed E-state index contributed by atoms with van der Waals surface area (Å²) in [4.78, 5) is 25.3. The van der Waals surface area contributed by atoms with Crippen LogP contribution in [0.4, 0.5) is 0 Å². The Bertz CT molecular complexity index is 597. The topological polar surface area (TPSA) is 114 Å². The van der Waals surface area contributed by atoms with Gasteiger partial charge in [0.1, 0.15) is 6.10 Å². The molecule has 1 saturated heterocycles. The summed E-state index contributed by atoms with van der Waals surface area (Å²) in [6.45, 7) is 1.60. The van der Waals surface area contributed by atoms with Crippen LogP contribution in [0.2, 0.25) is 0 Å². The second-order valence-corrected chi connectivity index (χ2v) is 5.43. The molecule has 1 aromatic heterocycles. The third kappa shape index (κ3) is 3.30. The zero-order valence-electron chi connectivity index (χ0n) is 12.6. The van der Waals surface area contributed by atoms with E-state index in [0.29, 0.717) is 12.8 Å². The number of hydrogen-bond donors (Lipinski definition) is 3. The molecule has 0 aromatic carbocycles. The minimum atomic E-state index is -0.869. The molecule has 0 bridgehead atoms. The third-order valence-electron chi connectivity index (χ3n) is 4.05. The van der Waals surface area contributed by atoms with Crippen molar-refractivity contribution in [1.82, 2.24) is 9.55 Å². The van der Waals surface area contributed by atoms with E-state index in [0.717, 1.165) is 0 Å². The van der Waals surface area contributed by atoms with Gasteiger partial charge in [-0.05, 0) is 12.8 Å². The predicted molar refractivity (Wildman–Crippen MR) is 77.5 cm³/mol. The molecule has 8 nitrogen and oxygen atoms in total. The smallest absolute Gasteiger partial charge is 0.330 e. The normalized spacial score (nSPS) is 29.6. The fraction of sp³-hybridized carbons (Fsp3) is 0.714. The molecule has 0 amide bonds. The van der Waals surface area contributed by atoms with Crippen LogP contribution < -0.4 is 11.2 Å². The second kappa shape index (κ2) is 7.19. The largest absolute Gasteiger partial charge is 0.394 e. The van der Waals surface area contributed by atoms with Gasteiger partial charge in [0.2, 0.25) is 0 Å². The maximum Gasteiger partial charge on any atom is 0.330 e. The summed E-state index contributed by atoms with van der Waals surface area (Å²) in [6, 6.07) is 1.24. The van der Waals surface area contributed by atoms with Crippen LogP contribution in [0.15, 0.2) is 21.9 Å². The Morgan fingerprint density at radius 2 is 2.23 bits per heavy atom. The van der Waals surface area contributed by atoms with E-state index in [-0.39, 0.29) is 18.6 Å². The maximum atomic E-state index is 12.0. The molecule has 2 unspecified atom stereocenters. The molecule has 0 radical (unpaired) electrons. The number of aromatic amines is 1. The van der Waals surface area contributed by atoms with Crippen LogP contribution in [0.1, 0.15) is 26.0 Å². The molecule has 5 atom stereocenters. The number of nitrogens with one attached hydrogen (secondary N) is 1. The highest BCUT2D eigenvalue weighted by molar-refractivity contribution is 4.94. The Hall–Kier alpha value is -1.48. The summed E-state index contributed by atoms with van der Waals surface area (Å²) in [6.07, 6.45) is 0.126. The fourth-order valence-electron chi connectivity index (χ4n) is 3.00. The number of nitrogens with zero attached hydrogens (tertiary/aromatic N) is 1. The van der Waals surface area contributed by atoms with Crippen molar-refractivity contribution in [3.8, 4) is 0 Å². The lowest BCUT2D eigenvalue weighted by Gasteiger charge is -2.24. The number of rotatable bonds is 6. The SMILES string of the molecule is CC[C@H]1O[C@@H](n2ccc(=O)[nH]c2=O)[C@@H](OC)C1CC(O)CO. The number of H-pyrrole nitrogens is 1. The van der Waals surface area contributed by atoms with Crippen molar-refractivity contribution < 1.29 is 19.7 Å². The first kappa shape index (κ1) is 16.9. The van der Waals surface area contributed by atoms with Crippen LogP contribution in [0, 0.1) is 5.92 Å². The molecule has 1 aromatic rings.